The van der Waals surface area contributed by atoms with Crippen LogP contribution in [0.15, 0.2) is 30.8 Å². The van der Waals surface area contributed by atoms with E-state index in [2.05, 4.69) is 18.8 Å². The molecule has 3 nitrogen and oxygen atoms in total. The maximum Gasteiger partial charge on any atom is 0.259 e. The number of nitrogens with one attached hydrogen (secondary N) is 1. The minimum atomic E-state index is 0.108. The lowest BCUT2D eigenvalue weighted by Crippen LogP contribution is -2.51. The molecule has 2 aliphatic rings. The molecule has 1 aromatic rings. The van der Waals surface area contributed by atoms with E-state index >= 15 is 0 Å². The van der Waals surface area contributed by atoms with E-state index in [0.717, 1.165) is 36.2 Å². The van der Waals surface area contributed by atoms with Crippen LogP contribution in [0.2, 0.25) is 0 Å². The Morgan fingerprint density at radius 1 is 1.33 bits per heavy atom. The summed E-state index contributed by atoms with van der Waals surface area (Å²) in [5, 5.41) is 3.44. The SMILES string of the molecule is C=C1c2ccccc2C(=O)N1C1CCCNC1C. The van der Waals surface area contributed by atoms with Crippen molar-refractivity contribution >= 4 is 11.6 Å². The molecule has 2 heterocycles. The maximum atomic E-state index is 12.5. The first-order valence-corrected chi connectivity index (χ1v) is 6.55. The predicted octanol–water partition coefficient (Wildman–Crippen LogP) is 2.25. The van der Waals surface area contributed by atoms with Gasteiger partial charge in [0.15, 0.2) is 0 Å². The Morgan fingerprint density at radius 2 is 2.06 bits per heavy atom. The van der Waals surface area contributed by atoms with Gasteiger partial charge in [0.25, 0.3) is 5.91 Å². The number of hydrogen-bond donors (Lipinski definition) is 1. The average Bonchev–Trinajstić information content (AvgIpc) is 2.64. The normalized spacial score (nSPS) is 27.5. The van der Waals surface area contributed by atoms with E-state index in [4.69, 9.17) is 0 Å². The largest absolute Gasteiger partial charge is 0.312 e. The zero-order valence-electron chi connectivity index (χ0n) is 10.6. The zero-order chi connectivity index (χ0) is 12.7. The molecule has 0 radical (unpaired) electrons. The number of amides is 1. The summed E-state index contributed by atoms with van der Waals surface area (Å²) in [5.74, 6) is 0.108. The summed E-state index contributed by atoms with van der Waals surface area (Å²) >= 11 is 0. The third-order valence-electron chi connectivity index (χ3n) is 4.03. The highest BCUT2D eigenvalue weighted by molar-refractivity contribution is 6.09. The topological polar surface area (TPSA) is 32.3 Å². The Morgan fingerprint density at radius 3 is 2.72 bits per heavy atom. The van der Waals surface area contributed by atoms with Gasteiger partial charge in [-0.2, -0.15) is 0 Å². The Hall–Kier alpha value is -1.61. The van der Waals surface area contributed by atoms with Crippen molar-refractivity contribution < 1.29 is 4.79 Å². The van der Waals surface area contributed by atoms with E-state index in [1.165, 1.54) is 0 Å². The molecule has 1 aromatic carbocycles. The fourth-order valence-corrected chi connectivity index (χ4v) is 3.03. The fraction of sp³-hybridized carbons (Fsp3) is 0.400. The van der Waals surface area contributed by atoms with Gasteiger partial charge < -0.3 is 10.2 Å². The second-order valence-electron chi connectivity index (χ2n) is 5.12. The number of rotatable bonds is 1. The van der Waals surface area contributed by atoms with Crippen LogP contribution < -0.4 is 5.32 Å². The quantitative estimate of drug-likeness (QED) is 0.819. The Bertz CT molecular complexity index is 474. The second kappa shape index (κ2) is 4.25. The minimum absolute atomic E-state index is 0.108. The van der Waals surface area contributed by atoms with Gasteiger partial charge in [-0.3, -0.25) is 4.79 Å². The molecular formula is C15H18N2O. The summed E-state index contributed by atoms with van der Waals surface area (Å²) < 4.78 is 0. The molecule has 0 spiro atoms. The molecule has 1 fully saturated rings. The first-order chi connectivity index (χ1) is 8.70. The van der Waals surface area contributed by atoms with E-state index in [9.17, 15) is 4.79 Å². The van der Waals surface area contributed by atoms with Gasteiger partial charge in [-0.1, -0.05) is 24.8 Å². The molecular weight excluding hydrogens is 224 g/mol. The van der Waals surface area contributed by atoms with Crippen molar-refractivity contribution in [2.24, 2.45) is 0 Å². The maximum absolute atomic E-state index is 12.5. The number of carbonyl (C=O) groups excluding carboxylic acids is 1. The van der Waals surface area contributed by atoms with Crippen molar-refractivity contribution in [2.75, 3.05) is 6.54 Å². The molecule has 1 saturated heterocycles. The van der Waals surface area contributed by atoms with Gasteiger partial charge in [-0.05, 0) is 32.4 Å². The highest BCUT2D eigenvalue weighted by atomic mass is 16.2. The van der Waals surface area contributed by atoms with Gasteiger partial charge in [0.1, 0.15) is 0 Å². The van der Waals surface area contributed by atoms with Gasteiger partial charge in [0.2, 0.25) is 0 Å². The second-order valence-corrected chi connectivity index (χ2v) is 5.12. The average molecular weight is 242 g/mol. The monoisotopic (exact) mass is 242 g/mol. The van der Waals surface area contributed by atoms with Crippen molar-refractivity contribution in [3.05, 3.63) is 42.0 Å². The van der Waals surface area contributed by atoms with Gasteiger partial charge in [0.05, 0.1) is 6.04 Å². The summed E-state index contributed by atoms with van der Waals surface area (Å²) in [6.07, 6.45) is 2.16. The van der Waals surface area contributed by atoms with Crippen LogP contribution in [0, 0.1) is 0 Å². The smallest absolute Gasteiger partial charge is 0.259 e. The lowest BCUT2D eigenvalue weighted by molar-refractivity contribution is 0.0755. The van der Waals surface area contributed by atoms with Crippen LogP contribution in [0.3, 0.4) is 0 Å². The van der Waals surface area contributed by atoms with E-state index in [1.807, 2.05) is 29.2 Å². The van der Waals surface area contributed by atoms with Gasteiger partial charge in [-0.15, -0.1) is 0 Å². The van der Waals surface area contributed by atoms with Crippen LogP contribution in [0.25, 0.3) is 5.70 Å². The molecule has 0 aromatic heterocycles. The van der Waals surface area contributed by atoms with E-state index in [-0.39, 0.29) is 11.9 Å². The molecule has 18 heavy (non-hydrogen) atoms. The molecule has 1 amide bonds. The van der Waals surface area contributed by atoms with Gasteiger partial charge >= 0.3 is 0 Å². The molecule has 0 saturated carbocycles. The van der Waals surface area contributed by atoms with Crippen LogP contribution in [0.5, 0.6) is 0 Å². The summed E-state index contributed by atoms with van der Waals surface area (Å²) in [5.41, 5.74) is 2.64. The molecule has 1 N–H and O–H groups in total. The van der Waals surface area contributed by atoms with Gasteiger partial charge in [0, 0.05) is 22.9 Å². The number of nitrogens with zero attached hydrogens (tertiary/aromatic N) is 1. The van der Waals surface area contributed by atoms with Crippen molar-refractivity contribution in [1.29, 1.82) is 0 Å². The first-order valence-electron chi connectivity index (χ1n) is 6.55. The summed E-state index contributed by atoms with van der Waals surface area (Å²) in [7, 11) is 0. The number of hydrogen-bond acceptors (Lipinski definition) is 2. The number of benzene rings is 1. The summed E-state index contributed by atoms with van der Waals surface area (Å²) in [6, 6.07) is 8.31. The van der Waals surface area contributed by atoms with Crippen LogP contribution in [0.1, 0.15) is 35.7 Å². The minimum Gasteiger partial charge on any atom is -0.312 e. The van der Waals surface area contributed by atoms with E-state index in [1.54, 1.807) is 0 Å². The lowest BCUT2D eigenvalue weighted by atomic mass is 9.98. The van der Waals surface area contributed by atoms with Crippen molar-refractivity contribution in [2.45, 2.75) is 31.8 Å². The molecule has 94 valence electrons. The summed E-state index contributed by atoms with van der Waals surface area (Å²) in [4.78, 5) is 14.4. The number of carbonyl (C=O) groups is 1. The first kappa shape index (κ1) is 11.5. The Labute approximate surface area is 107 Å². The Kier molecular flexibility index (Phi) is 2.71. The standard InChI is InChI=1S/C15H18N2O/c1-10-14(8-5-9-16-10)17-11(2)12-6-3-4-7-13(12)15(17)18/h3-4,6-7,10,14,16H,2,5,8-9H2,1H3. The van der Waals surface area contributed by atoms with Crippen LogP contribution >= 0.6 is 0 Å². The molecule has 3 rings (SSSR count). The third-order valence-corrected chi connectivity index (χ3v) is 4.03. The molecule has 2 atom stereocenters. The van der Waals surface area contributed by atoms with E-state index in [0.29, 0.717) is 6.04 Å². The molecule has 0 bridgehead atoms. The van der Waals surface area contributed by atoms with Crippen LogP contribution in [-0.4, -0.2) is 29.4 Å². The third kappa shape index (κ3) is 1.58. The highest BCUT2D eigenvalue weighted by Crippen LogP contribution is 2.35. The van der Waals surface area contributed by atoms with Crippen LogP contribution in [-0.2, 0) is 0 Å². The van der Waals surface area contributed by atoms with Crippen molar-refractivity contribution in [3.63, 3.8) is 0 Å². The van der Waals surface area contributed by atoms with E-state index < -0.39 is 0 Å². The van der Waals surface area contributed by atoms with Crippen LogP contribution in [0.4, 0.5) is 0 Å². The highest BCUT2D eigenvalue weighted by Gasteiger charge is 2.38. The zero-order valence-corrected chi connectivity index (χ0v) is 10.6. The predicted molar refractivity (Wildman–Crippen MR) is 72.1 cm³/mol. The van der Waals surface area contributed by atoms with Crippen molar-refractivity contribution in [3.8, 4) is 0 Å². The van der Waals surface area contributed by atoms with Gasteiger partial charge in [-0.25, -0.2) is 0 Å². The number of fused-ring (bicyclic) bond motifs is 1. The molecule has 3 heteroatoms. The Balaban J connectivity index is 1.96. The lowest BCUT2D eigenvalue weighted by Gasteiger charge is -2.37. The molecule has 2 aliphatic heterocycles. The summed E-state index contributed by atoms with van der Waals surface area (Å²) in [6.45, 7) is 7.30. The van der Waals surface area contributed by atoms with Crippen molar-refractivity contribution in [1.82, 2.24) is 10.2 Å². The fourth-order valence-electron chi connectivity index (χ4n) is 3.03. The molecule has 2 unspecified atom stereocenters. The number of piperidine rings is 1. The molecule has 0 aliphatic carbocycles.